The number of carbonyl (C=O) groups excluding carboxylic acids is 1. The summed E-state index contributed by atoms with van der Waals surface area (Å²) >= 11 is 0. The average Bonchev–Trinajstić information content (AvgIpc) is 2.30. The fourth-order valence-electron chi connectivity index (χ4n) is 1.57. The van der Waals surface area contributed by atoms with Gasteiger partial charge in [0.2, 0.25) is 0 Å². The normalized spacial score (nSPS) is 20.9. The monoisotopic (exact) mass is 207 g/mol. The van der Waals surface area contributed by atoms with E-state index in [1.54, 1.807) is 7.11 Å². The molecule has 80 valence electrons. The largest absolute Gasteiger partial charge is 0.497 e. The number of hydrogen-bond acceptors (Lipinski definition) is 3. The molecular formula is C11H13NO3. The van der Waals surface area contributed by atoms with Crippen molar-refractivity contribution in [2.75, 3.05) is 20.3 Å². The lowest BCUT2D eigenvalue weighted by Gasteiger charge is -2.23. The molecule has 0 bridgehead atoms. The van der Waals surface area contributed by atoms with Crippen LogP contribution in [0.4, 0.5) is 0 Å². The summed E-state index contributed by atoms with van der Waals surface area (Å²) in [5.74, 6) is 0.643. The van der Waals surface area contributed by atoms with E-state index in [1.165, 1.54) is 0 Å². The first kappa shape index (κ1) is 9.98. The highest BCUT2D eigenvalue weighted by atomic mass is 16.5. The third kappa shape index (κ3) is 2.10. The number of benzene rings is 1. The quantitative estimate of drug-likeness (QED) is 0.783. The highest BCUT2D eigenvalue weighted by molar-refractivity contribution is 5.82. The molecule has 0 saturated carbocycles. The molecule has 0 aliphatic carbocycles. The first-order valence-corrected chi connectivity index (χ1v) is 4.84. The van der Waals surface area contributed by atoms with Crippen molar-refractivity contribution >= 4 is 5.91 Å². The van der Waals surface area contributed by atoms with Crippen LogP contribution in [0.1, 0.15) is 11.7 Å². The van der Waals surface area contributed by atoms with E-state index in [0.717, 1.165) is 11.3 Å². The molecule has 1 aromatic carbocycles. The number of carbonyl (C=O) groups is 1. The first-order valence-electron chi connectivity index (χ1n) is 4.84. The van der Waals surface area contributed by atoms with Crippen LogP contribution in [0.25, 0.3) is 0 Å². The van der Waals surface area contributed by atoms with Crippen molar-refractivity contribution < 1.29 is 14.3 Å². The van der Waals surface area contributed by atoms with E-state index < -0.39 is 6.10 Å². The minimum Gasteiger partial charge on any atom is -0.497 e. The van der Waals surface area contributed by atoms with Gasteiger partial charge in [0.25, 0.3) is 5.91 Å². The second kappa shape index (κ2) is 4.31. The molecule has 1 atom stereocenters. The van der Waals surface area contributed by atoms with E-state index in [-0.39, 0.29) is 5.91 Å². The van der Waals surface area contributed by atoms with Crippen LogP contribution in [-0.4, -0.2) is 26.2 Å². The van der Waals surface area contributed by atoms with E-state index in [2.05, 4.69) is 5.32 Å². The molecule has 1 unspecified atom stereocenters. The lowest BCUT2D eigenvalue weighted by atomic mass is 10.1. The molecule has 1 aliphatic heterocycles. The Bertz CT molecular complexity index is 365. The summed E-state index contributed by atoms with van der Waals surface area (Å²) in [6.45, 7) is 1.13. The van der Waals surface area contributed by atoms with Crippen LogP contribution in [0.5, 0.6) is 5.75 Å². The summed E-state index contributed by atoms with van der Waals surface area (Å²) < 4.78 is 10.5. The van der Waals surface area contributed by atoms with Crippen LogP contribution < -0.4 is 10.1 Å². The van der Waals surface area contributed by atoms with Crippen molar-refractivity contribution in [2.45, 2.75) is 6.10 Å². The Morgan fingerprint density at radius 3 is 3.13 bits per heavy atom. The SMILES string of the molecule is COc1cccc(C2OCCNC2=O)c1. The Hall–Kier alpha value is -1.55. The summed E-state index contributed by atoms with van der Waals surface area (Å²) in [6.07, 6.45) is -0.506. The van der Waals surface area contributed by atoms with Crippen molar-refractivity contribution in [2.24, 2.45) is 0 Å². The molecule has 0 radical (unpaired) electrons. The van der Waals surface area contributed by atoms with E-state index >= 15 is 0 Å². The Kier molecular flexibility index (Phi) is 2.87. The first-order chi connectivity index (χ1) is 7.31. The maximum atomic E-state index is 11.5. The predicted molar refractivity (Wildman–Crippen MR) is 54.7 cm³/mol. The van der Waals surface area contributed by atoms with Crippen molar-refractivity contribution in [3.05, 3.63) is 29.8 Å². The molecule has 1 aromatic rings. The summed E-state index contributed by atoms with van der Waals surface area (Å²) in [4.78, 5) is 11.5. The second-order valence-electron chi connectivity index (χ2n) is 3.32. The van der Waals surface area contributed by atoms with Gasteiger partial charge in [0, 0.05) is 6.54 Å². The number of amides is 1. The minimum atomic E-state index is -0.506. The van der Waals surface area contributed by atoms with E-state index in [1.807, 2.05) is 24.3 Å². The number of rotatable bonds is 2. The topological polar surface area (TPSA) is 47.6 Å². The molecule has 1 N–H and O–H groups in total. The molecule has 2 rings (SSSR count). The van der Waals surface area contributed by atoms with Gasteiger partial charge in [-0.15, -0.1) is 0 Å². The highest BCUT2D eigenvalue weighted by Gasteiger charge is 2.24. The summed E-state index contributed by atoms with van der Waals surface area (Å²) in [6, 6.07) is 7.36. The van der Waals surface area contributed by atoms with Crippen molar-refractivity contribution in [3.63, 3.8) is 0 Å². The van der Waals surface area contributed by atoms with E-state index in [9.17, 15) is 4.79 Å². The Labute approximate surface area is 88.2 Å². The van der Waals surface area contributed by atoms with Crippen molar-refractivity contribution in [3.8, 4) is 5.75 Å². The van der Waals surface area contributed by atoms with Gasteiger partial charge in [-0.2, -0.15) is 0 Å². The fraction of sp³-hybridized carbons (Fsp3) is 0.364. The van der Waals surface area contributed by atoms with Crippen LogP contribution in [0.15, 0.2) is 24.3 Å². The summed E-state index contributed by atoms with van der Waals surface area (Å²) in [5, 5.41) is 2.76. The van der Waals surface area contributed by atoms with E-state index in [0.29, 0.717) is 13.2 Å². The third-order valence-corrected chi connectivity index (χ3v) is 2.32. The fourth-order valence-corrected chi connectivity index (χ4v) is 1.57. The average molecular weight is 207 g/mol. The molecule has 15 heavy (non-hydrogen) atoms. The molecule has 1 heterocycles. The smallest absolute Gasteiger partial charge is 0.253 e. The molecule has 1 fully saturated rings. The molecule has 0 aromatic heterocycles. The third-order valence-electron chi connectivity index (χ3n) is 2.32. The van der Waals surface area contributed by atoms with Gasteiger partial charge in [0.15, 0.2) is 6.10 Å². The van der Waals surface area contributed by atoms with Crippen LogP contribution in [0, 0.1) is 0 Å². The predicted octanol–water partition coefficient (Wildman–Crippen LogP) is 0.883. The van der Waals surface area contributed by atoms with Gasteiger partial charge in [-0.3, -0.25) is 4.79 Å². The second-order valence-corrected chi connectivity index (χ2v) is 3.32. The lowest BCUT2D eigenvalue weighted by Crippen LogP contribution is -2.39. The van der Waals surface area contributed by atoms with Crippen LogP contribution in [-0.2, 0) is 9.53 Å². The van der Waals surface area contributed by atoms with Crippen LogP contribution in [0.3, 0.4) is 0 Å². The number of hydrogen-bond donors (Lipinski definition) is 1. The number of methoxy groups -OCH3 is 1. The molecule has 1 aliphatic rings. The maximum Gasteiger partial charge on any atom is 0.253 e. The molecule has 1 amide bonds. The van der Waals surface area contributed by atoms with Gasteiger partial charge in [0.1, 0.15) is 5.75 Å². The number of morpholine rings is 1. The zero-order valence-electron chi connectivity index (χ0n) is 8.53. The lowest BCUT2D eigenvalue weighted by molar-refractivity contribution is -0.138. The molecular weight excluding hydrogens is 194 g/mol. The Morgan fingerprint density at radius 1 is 1.53 bits per heavy atom. The van der Waals surface area contributed by atoms with Gasteiger partial charge < -0.3 is 14.8 Å². The maximum absolute atomic E-state index is 11.5. The molecule has 4 heteroatoms. The molecule has 0 spiro atoms. The Morgan fingerprint density at radius 2 is 2.40 bits per heavy atom. The number of ether oxygens (including phenoxy) is 2. The van der Waals surface area contributed by atoms with Crippen LogP contribution in [0.2, 0.25) is 0 Å². The standard InChI is InChI=1S/C11H13NO3/c1-14-9-4-2-3-8(7-9)10-11(13)12-5-6-15-10/h2-4,7,10H,5-6H2,1H3,(H,12,13). The van der Waals surface area contributed by atoms with Gasteiger partial charge in [-0.05, 0) is 17.7 Å². The van der Waals surface area contributed by atoms with Gasteiger partial charge in [-0.1, -0.05) is 12.1 Å². The van der Waals surface area contributed by atoms with Crippen LogP contribution >= 0.6 is 0 Å². The Balaban J connectivity index is 2.23. The van der Waals surface area contributed by atoms with Gasteiger partial charge >= 0.3 is 0 Å². The zero-order chi connectivity index (χ0) is 10.7. The van der Waals surface area contributed by atoms with E-state index in [4.69, 9.17) is 9.47 Å². The highest BCUT2D eigenvalue weighted by Crippen LogP contribution is 2.23. The number of nitrogens with one attached hydrogen (secondary N) is 1. The van der Waals surface area contributed by atoms with Gasteiger partial charge in [0.05, 0.1) is 13.7 Å². The van der Waals surface area contributed by atoms with Crippen molar-refractivity contribution in [1.82, 2.24) is 5.32 Å². The zero-order valence-corrected chi connectivity index (χ0v) is 8.53. The molecule has 4 nitrogen and oxygen atoms in total. The molecule has 1 saturated heterocycles. The van der Waals surface area contributed by atoms with Gasteiger partial charge in [-0.25, -0.2) is 0 Å². The summed E-state index contributed by atoms with van der Waals surface area (Å²) in [5.41, 5.74) is 0.826. The summed E-state index contributed by atoms with van der Waals surface area (Å²) in [7, 11) is 1.60. The van der Waals surface area contributed by atoms with Crippen molar-refractivity contribution in [1.29, 1.82) is 0 Å². The minimum absolute atomic E-state index is 0.0884.